The third kappa shape index (κ3) is 5.66. The van der Waals surface area contributed by atoms with Crippen molar-refractivity contribution in [2.45, 2.75) is 0 Å². The molecule has 0 aromatic carbocycles. The SMILES string of the molecule is COP(O)(=S)OC.[Na]. The summed E-state index contributed by atoms with van der Waals surface area (Å²) >= 11 is 4.37. The van der Waals surface area contributed by atoms with Crippen molar-refractivity contribution in [3.05, 3.63) is 0 Å². The first kappa shape index (κ1) is 12.2. The summed E-state index contributed by atoms with van der Waals surface area (Å²) in [6, 6.07) is 0. The van der Waals surface area contributed by atoms with E-state index in [9.17, 15) is 0 Å². The minimum absolute atomic E-state index is 0. The monoisotopic (exact) mass is 165 g/mol. The van der Waals surface area contributed by atoms with Crippen LogP contribution in [0.4, 0.5) is 0 Å². The zero-order valence-electron chi connectivity index (χ0n) is 5.12. The Morgan fingerprint density at radius 1 is 1.38 bits per heavy atom. The van der Waals surface area contributed by atoms with Crippen molar-refractivity contribution in [3.63, 3.8) is 0 Å². The Balaban J connectivity index is 0. The van der Waals surface area contributed by atoms with Crippen LogP contribution in [0.1, 0.15) is 0 Å². The summed E-state index contributed by atoms with van der Waals surface area (Å²) in [5.41, 5.74) is 0. The average molecular weight is 165 g/mol. The summed E-state index contributed by atoms with van der Waals surface area (Å²) in [5.74, 6) is 0. The maximum Gasteiger partial charge on any atom is 0.323 e. The molecule has 0 aliphatic carbocycles. The topological polar surface area (TPSA) is 38.7 Å². The smallest absolute Gasteiger partial charge is 0.323 e. The van der Waals surface area contributed by atoms with E-state index in [1.165, 1.54) is 14.2 Å². The predicted octanol–water partition coefficient (Wildman–Crippen LogP) is 0.115. The van der Waals surface area contributed by atoms with E-state index in [0.29, 0.717) is 0 Å². The van der Waals surface area contributed by atoms with Crippen molar-refractivity contribution in [2.24, 2.45) is 0 Å². The summed E-state index contributed by atoms with van der Waals surface area (Å²) in [6.07, 6.45) is 0. The molecule has 0 bridgehead atoms. The van der Waals surface area contributed by atoms with Gasteiger partial charge in [0.25, 0.3) is 0 Å². The van der Waals surface area contributed by atoms with Gasteiger partial charge in [0.15, 0.2) is 0 Å². The molecule has 0 fully saturated rings. The summed E-state index contributed by atoms with van der Waals surface area (Å²) < 4.78 is 8.69. The molecule has 3 nitrogen and oxygen atoms in total. The van der Waals surface area contributed by atoms with Crippen LogP contribution < -0.4 is 0 Å². The summed E-state index contributed by atoms with van der Waals surface area (Å²) in [7, 11) is 2.62. The van der Waals surface area contributed by atoms with Crippen LogP contribution >= 0.6 is 6.72 Å². The van der Waals surface area contributed by atoms with Gasteiger partial charge in [-0.05, 0) is 11.8 Å². The molecule has 0 aliphatic heterocycles. The van der Waals surface area contributed by atoms with Gasteiger partial charge in [0.2, 0.25) is 0 Å². The minimum Gasteiger partial charge on any atom is -0.324 e. The van der Waals surface area contributed by atoms with E-state index < -0.39 is 6.72 Å². The van der Waals surface area contributed by atoms with E-state index in [2.05, 4.69) is 20.9 Å². The van der Waals surface area contributed by atoms with Gasteiger partial charge in [0.1, 0.15) is 0 Å². The molecule has 6 heteroatoms. The molecule has 0 heterocycles. The van der Waals surface area contributed by atoms with Crippen molar-refractivity contribution < 1.29 is 13.9 Å². The molecule has 0 atom stereocenters. The standard InChI is InChI=1S/C2H7O3PS.Na/c1-4-6(3,7)5-2;/h1-2H3,(H,3,7);. The van der Waals surface area contributed by atoms with E-state index in [-0.39, 0.29) is 29.6 Å². The van der Waals surface area contributed by atoms with Crippen molar-refractivity contribution in [1.82, 2.24) is 0 Å². The van der Waals surface area contributed by atoms with Gasteiger partial charge in [0, 0.05) is 43.8 Å². The molecular weight excluding hydrogens is 158 g/mol. The van der Waals surface area contributed by atoms with Gasteiger partial charge < -0.3 is 13.9 Å². The van der Waals surface area contributed by atoms with Crippen molar-refractivity contribution in [2.75, 3.05) is 14.2 Å². The number of rotatable bonds is 2. The molecule has 8 heavy (non-hydrogen) atoms. The average Bonchev–Trinajstić information content (AvgIpc) is 1.68. The Kier molecular flexibility index (Phi) is 8.14. The molecule has 1 N–H and O–H groups in total. The summed E-state index contributed by atoms with van der Waals surface area (Å²) in [4.78, 5) is 8.61. The molecule has 1 radical (unpaired) electrons. The van der Waals surface area contributed by atoms with Gasteiger partial charge in [-0.15, -0.1) is 0 Å². The van der Waals surface area contributed by atoms with E-state index in [0.717, 1.165) is 0 Å². The predicted molar refractivity (Wildman–Crippen MR) is 36.3 cm³/mol. The molecular formula is C2H7NaO3PS. The van der Waals surface area contributed by atoms with Crippen molar-refractivity contribution >= 4 is 48.1 Å². The second-order valence-corrected chi connectivity index (χ2v) is 3.89. The fourth-order valence-corrected chi connectivity index (χ4v) is 0.224. The molecule has 0 amide bonds. The fraction of sp³-hybridized carbons (Fsp3) is 1.00. The normalized spacial score (nSPS) is 10.4. The van der Waals surface area contributed by atoms with Crippen LogP contribution in [0.3, 0.4) is 0 Å². The first-order chi connectivity index (χ1) is 3.12. The van der Waals surface area contributed by atoms with Gasteiger partial charge in [0.05, 0.1) is 0 Å². The van der Waals surface area contributed by atoms with Crippen molar-refractivity contribution in [1.29, 1.82) is 0 Å². The Hall–Kier alpha value is 1.53. The molecule has 0 aliphatic rings. The molecule has 45 valence electrons. The number of hydrogen-bond donors (Lipinski definition) is 1. The minimum atomic E-state index is -2.82. The largest absolute Gasteiger partial charge is 0.324 e. The first-order valence-corrected chi connectivity index (χ1v) is 4.16. The van der Waals surface area contributed by atoms with E-state index in [1.807, 2.05) is 0 Å². The van der Waals surface area contributed by atoms with Crippen LogP contribution in [-0.4, -0.2) is 48.7 Å². The van der Waals surface area contributed by atoms with E-state index >= 15 is 0 Å². The third-order valence-electron chi connectivity index (χ3n) is 0.461. The summed E-state index contributed by atoms with van der Waals surface area (Å²) in [6.45, 7) is -2.82. The maximum atomic E-state index is 8.61. The van der Waals surface area contributed by atoms with Crippen LogP contribution in [0.15, 0.2) is 0 Å². The van der Waals surface area contributed by atoms with Gasteiger partial charge in [-0.25, -0.2) is 0 Å². The number of hydrogen-bond acceptors (Lipinski definition) is 3. The molecule has 0 saturated heterocycles. The van der Waals surface area contributed by atoms with Gasteiger partial charge in [-0.3, -0.25) is 0 Å². The molecule has 0 spiro atoms. The van der Waals surface area contributed by atoms with E-state index in [1.54, 1.807) is 0 Å². The van der Waals surface area contributed by atoms with Gasteiger partial charge in [-0.2, -0.15) is 0 Å². The zero-order valence-corrected chi connectivity index (χ0v) is 8.83. The fourth-order valence-electron chi connectivity index (χ4n) is 0.0745. The van der Waals surface area contributed by atoms with Crippen LogP contribution in [0.2, 0.25) is 0 Å². The Bertz CT molecular complexity index is 89.3. The molecule has 0 saturated carbocycles. The Morgan fingerprint density at radius 2 is 1.62 bits per heavy atom. The molecule has 0 unspecified atom stereocenters. The first-order valence-electron chi connectivity index (χ1n) is 1.56. The second-order valence-electron chi connectivity index (χ2n) is 0.834. The zero-order chi connectivity index (χ0) is 5.91. The van der Waals surface area contributed by atoms with Gasteiger partial charge >= 0.3 is 6.72 Å². The Morgan fingerprint density at radius 3 is 1.62 bits per heavy atom. The van der Waals surface area contributed by atoms with Crippen LogP contribution in [0.5, 0.6) is 0 Å². The summed E-state index contributed by atoms with van der Waals surface area (Å²) in [5, 5.41) is 0. The van der Waals surface area contributed by atoms with Crippen LogP contribution in [0.25, 0.3) is 0 Å². The second kappa shape index (κ2) is 5.33. The van der Waals surface area contributed by atoms with Crippen LogP contribution in [0, 0.1) is 0 Å². The Labute approximate surface area is 75.9 Å². The van der Waals surface area contributed by atoms with E-state index in [4.69, 9.17) is 4.89 Å². The molecule has 0 aromatic rings. The molecule has 0 aromatic heterocycles. The quantitative estimate of drug-likeness (QED) is 0.465. The van der Waals surface area contributed by atoms with Crippen LogP contribution in [-0.2, 0) is 20.9 Å². The van der Waals surface area contributed by atoms with Gasteiger partial charge in [-0.1, -0.05) is 0 Å². The third-order valence-corrected chi connectivity index (χ3v) is 2.28. The van der Waals surface area contributed by atoms with Crippen molar-refractivity contribution in [3.8, 4) is 0 Å². The maximum absolute atomic E-state index is 8.61. The molecule has 0 rings (SSSR count).